The third-order valence-corrected chi connectivity index (χ3v) is 6.78. The van der Waals surface area contributed by atoms with E-state index < -0.39 is 0 Å². The number of hydrogen-bond donors (Lipinski definition) is 1. The Bertz CT molecular complexity index is 1530. The standard InChI is InChI=1S/C27H25N7O/c1-17(26-29-11-5-12-30-26)33(16-19-15-20-6-2-3-13-34(20)32-19)27(35)18-9-10-24-23(14-18)21-7-4-8-22(21)25(28)31-24/h2-3,5-6,9-15,17H,4,7-8,16H2,1H3,(H2,28,31). The number of rotatable bonds is 5. The molecule has 1 aliphatic rings. The van der Waals surface area contributed by atoms with Gasteiger partial charge in [-0.05, 0) is 79.8 Å². The van der Waals surface area contributed by atoms with Crippen molar-refractivity contribution in [3.05, 3.63) is 95.3 Å². The number of pyridine rings is 2. The van der Waals surface area contributed by atoms with Crippen LogP contribution in [0.15, 0.2) is 67.1 Å². The molecule has 1 unspecified atom stereocenters. The lowest BCUT2D eigenvalue weighted by Crippen LogP contribution is -2.34. The van der Waals surface area contributed by atoms with E-state index in [1.54, 1.807) is 23.4 Å². The van der Waals surface area contributed by atoms with Gasteiger partial charge in [-0.15, -0.1) is 0 Å². The second kappa shape index (κ2) is 8.47. The van der Waals surface area contributed by atoms with Crippen LogP contribution in [0.1, 0.15) is 52.4 Å². The van der Waals surface area contributed by atoms with E-state index in [1.165, 1.54) is 5.56 Å². The van der Waals surface area contributed by atoms with Gasteiger partial charge in [-0.3, -0.25) is 4.79 Å². The van der Waals surface area contributed by atoms with Gasteiger partial charge < -0.3 is 10.6 Å². The van der Waals surface area contributed by atoms with Crippen molar-refractivity contribution in [1.82, 2.24) is 29.5 Å². The van der Waals surface area contributed by atoms with Crippen LogP contribution >= 0.6 is 0 Å². The molecule has 1 aliphatic carbocycles. The van der Waals surface area contributed by atoms with Gasteiger partial charge in [0.05, 0.1) is 29.3 Å². The lowest BCUT2D eigenvalue weighted by molar-refractivity contribution is 0.0663. The minimum Gasteiger partial charge on any atom is -0.383 e. The van der Waals surface area contributed by atoms with Crippen molar-refractivity contribution >= 4 is 28.1 Å². The van der Waals surface area contributed by atoms with Gasteiger partial charge in [-0.25, -0.2) is 19.5 Å². The van der Waals surface area contributed by atoms with E-state index in [1.807, 2.05) is 60.1 Å². The van der Waals surface area contributed by atoms with E-state index in [-0.39, 0.29) is 11.9 Å². The molecule has 0 bridgehead atoms. The van der Waals surface area contributed by atoms with Crippen LogP contribution in [0.4, 0.5) is 5.82 Å². The maximum Gasteiger partial charge on any atom is 0.254 e. The van der Waals surface area contributed by atoms with Gasteiger partial charge in [-0.1, -0.05) is 6.07 Å². The highest BCUT2D eigenvalue weighted by atomic mass is 16.2. The molecule has 1 atom stereocenters. The van der Waals surface area contributed by atoms with Crippen LogP contribution < -0.4 is 5.73 Å². The summed E-state index contributed by atoms with van der Waals surface area (Å²) in [4.78, 5) is 29.2. The first kappa shape index (κ1) is 21.2. The van der Waals surface area contributed by atoms with Crippen molar-refractivity contribution in [3.63, 3.8) is 0 Å². The molecule has 0 spiro atoms. The molecule has 0 radical (unpaired) electrons. The summed E-state index contributed by atoms with van der Waals surface area (Å²) in [6.07, 6.45) is 8.24. The van der Waals surface area contributed by atoms with Gasteiger partial charge in [0, 0.05) is 29.5 Å². The number of aryl methyl sites for hydroxylation is 1. The summed E-state index contributed by atoms with van der Waals surface area (Å²) in [5, 5.41) is 5.68. The molecule has 35 heavy (non-hydrogen) atoms. The van der Waals surface area contributed by atoms with Crippen molar-refractivity contribution in [2.45, 2.75) is 38.8 Å². The number of fused-ring (bicyclic) bond motifs is 4. The predicted molar refractivity (Wildman–Crippen MR) is 134 cm³/mol. The van der Waals surface area contributed by atoms with Crippen LogP contribution in [0.3, 0.4) is 0 Å². The highest BCUT2D eigenvalue weighted by molar-refractivity contribution is 5.99. The lowest BCUT2D eigenvalue weighted by atomic mass is 10.0. The SMILES string of the molecule is CC(c1ncccn1)N(Cc1cc2ccccn2n1)C(=O)c1ccc2nc(N)c3c(c2c1)CCC3. The molecule has 1 aromatic carbocycles. The molecule has 0 fully saturated rings. The monoisotopic (exact) mass is 463 g/mol. The molecule has 5 aromatic rings. The molecule has 0 aliphatic heterocycles. The Morgan fingerprint density at radius 1 is 1.09 bits per heavy atom. The van der Waals surface area contributed by atoms with Gasteiger partial charge in [0.2, 0.25) is 0 Å². The van der Waals surface area contributed by atoms with Crippen LogP contribution in [0.5, 0.6) is 0 Å². The summed E-state index contributed by atoms with van der Waals surface area (Å²) in [5.74, 6) is 1.08. The first-order valence-corrected chi connectivity index (χ1v) is 11.8. The molecule has 6 rings (SSSR count). The van der Waals surface area contributed by atoms with E-state index >= 15 is 0 Å². The fraction of sp³-hybridized carbons (Fsp3) is 0.222. The Morgan fingerprint density at radius 3 is 2.74 bits per heavy atom. The average molecular weight is 464 g/mol. The number of hydrogen-bond acceptors (Lipinski definition) is 6. The molecule has 1 amide bonds. The largest absolute Gasteiger partial charge is 0.383 e. The van der Waals surface area contributed by atoms with E-state index in [2.05, 4.69) is 20.1 Å². The maximum atomic E-state index is 14.0. The summed E-state index contributed by atoms with van der Waals surface area (Å²) >= 11 is 0. The van der Waals surface area contributed by atoms with Gasteiger partial charge in [0.15, 0.2) is 0 Å². The quantitative estimate of drug-likeness (QED) is 0.420. The van der Waals surface area contributed by atoms with E-state index in [4.69, 9.17) is 5.73 Å². The zero-order valence-electron chi connectivity index (χ0n) is 19.4. The van der Waals surface area contributed by atoms with Crippen LogP contribution in [-0.4, -0.2) is 35.4 Å². The Kier molecular flexibility index (Phi) is 5.13. The zero-order valence-corrected chi connectivity index (χ0v) is 19.4. The molecular formula is C27H25N7O. The first-order valence-electron chi connectivity index (χ1n) is 11.8. The second-order valence-corrected chi connectivity index (χ2v) is 8.96. The molecule has 0 saturated carbocycles. The summed E-state index contributed by atoms with van der Waals surface area (Å²) in [6.45, 7) is 2.28. The van der Waals surface area contributed by atoms with Crippen molar-refractivity contribution in [1.29, 1.82) is 0 Å². The molecule has 4 aromatic heterocycles. The van der Waals surface area contributed by atoms with Crippen molar-refractivity contribution < 1.29 is 4.79 Å². The number of nitrogens with zero attached hydrogens (tertiary/aromatic N) is 6. The third-order valence-electron chi connectivity index (χ3n) is 6.78. The number of amides is 1. The van der Waals surface area contributed by atoms with E-state index in [9.17, 15) is 4.79 Å². The van der Waals surface area contributed by atoms with Crippen molar-refractivity contribution in [2.24, 2.45) is 0 Å². The van der Waals surface area contributed by atoms with E-state index in [0.717, 1.165) is 46.9 Å². The maximum absolute atomic E-state index is 14.0. The number of carbonyl (C=O) groups excluding carboxylic acids is 1. The number of carbonyl (C=O) groups is 1. The van der Waals surface area contributed by atoms with Crippen LogP contribution in [0.2, 0.25) is 0 Å². The van der Waals surface area contributed by atoms with Crippen molar-refractivity contribution in [3.8, 4) is 0 Å². The number of nitrogen functional groups attached to an aromatic ring is 1. The molecular weight excluding hydrogens is 438 g/mol. The summed E-state index contributed by atoms with van der Waals surface area (Å²) in [7, 11) is 0. The topological polar surface area (TPSA) is 102 Å². The first-order chi connectivity index (χ1) is 17.1. The smallest absolute Gasteiger partial charge is 0.254 e. The summed E-state index contributed by atoms with van der Waals surface area (Å²) in [5.41, 5.74) is 11.7. The molecule has 4 heterocycles. The Hall–Kier alpha value is -4.33. The summed E-state index contributed by atoms with van der Waals surface area (Å²) in [6, 6.07) is 15.0. The fourth-order valence-electron chi connectivity index (χ4n) is 4.99. The van der Waals surface area contributed by atoms with Gasteiger partial charge >= 0.3 is 0 Å². The van der Waals surface area contributed by atoms with Crippen LogP contribution in [0.25, 0.3) is 16.4 Å². The van der Waals surface area contributed by atoms with Crippen LogP contribution in [-0.2, 0) is 19.4 Å². The van der Waals surface area contributed by atoms with E-state index in [0.29, 0.717) is 23.8 Å². The molecule has 8 heteroatoms. The third kappa shape index (κ3) is 3.77. The highest BCUT2D eigenvalue weighted by Gasteiger charge is 2.27. The Balaban J connectivity index is 1.41. The lowest BCUT2D eigenvalue weighted by Gasteiger charge is -2.28. The van der Waals surface area contributed by atoms with Gasteiger partial charge in [0.1, 0.15) is 11.6 Å². The molecule has 174 valence electrons. The Morgan fingerprint density at radius 2 is 1.91 bits per heavy atom. The molecule has 2 N–H and O–H groups in total. The number of aromatic nitrogens is 5. The predicted octanol–water partition coefficient (Wildman–Crippen LogP) is 4.15. The van der Waals surface area contributed by atoms with Crippen LogP contribution in [0, 0.1) is 0 Å². The summed E-state index contributed by atoms with van der Waals surface area (Å²) < 4.78 is 1.82. The van der Waals surface area contributed by atoms with Crippen molar-refractivity contribution in [2.75, 3.05) is 5.73 Å². The molecule has 8 nitrogen and oxygen atoms in total. The van der Waals surface area contributed by atoms with Gasteiger partial charge in [0.25, 0.3) is 5.91 Å². The second-order valence-electron chi connectivity index (χ2n) is 8.96. The minimum absolute atomic E-state index is 0.104. The Labute approximate surface area is 202 Å². The zero-order chi connectivity index (χ0) is 23.9. The highest BCUT2D eigenvalue weighted by Crippen LogP contribution is 2.33. The molecule has 0 saturated heterocycles. The van der Waals surface area contributed by atoms with Gasteiger partial charge in [-0.2, -0.15) is 5.10 Å². The number of nitrogens with two attached hydrogens (primary N) is 1. The minimum atomic E-state index is -0.348. The average Bonchev–Trinajstić information content (AvgIpc) is 3.55. The number of anilines is 1. The normalized spacial score (nSPS) is 13.7. The number of benzene rings is 1. The fourth-order valence-corrected chi connectivity index (χ4v) is 4.99.